The number of methoxy groups -OCH3 is 1. The zero-order chi connectivity index (χ0) is 26.5. The van der Waals surface area contributed by atoms with Crippen LogP contribution in [0, 0.1) is 5.82 Å². The maximum absolute atomic E-state index is 14.1. The van der Waals surface area contributed by atoms with Gasteiger partial charge in [0.2, 0.25) is 5.95 Å². The molecule has 1 unspecified atom stereocenters. The lowest BCUT2D eigenvalue weighted by atomic mass is 10.2. The highest BCUT2D eigenvalue weighted by Gasteiger charge is 2.18. The van der Waals surface area contributed by atoms with Gasteiger partial charge in [0.05, 0.1) is 30.4 Å². The Bertz CT molecular complexity index is 1390. The first-order valence-corrected chi connectivity index (χ1v) is 11.5. The van der Waals surface area contributed by atoms with Crippen LogP contribution in [0.4, 0.5) is 27.4 Å². The van der Waals surface area contributed by atoms with Gasteiger partial charge >= 0.3 is 0 Å². The molecule has 4 rings (SSSR count). The largest absolute Gasteiger partial charge is 0.494 e. The van der Waals surface area contributed by atoms with Crippen molar-refractivity contribution in [3.8, 4) is 17.3 Å². The van der Waals surface area contributed by atoms with Crippen LogP contribution in [0.3, 0.4) is 0 Å². The van der Waals surface area contributed by atoms with Crippen molar-refractivity contribution in [2.24, 2.45) is 0 Å². The highest BCUT2D eigenvalue weighted by atomic mass is 19.1. The number of aliphatic hydroxyl groups excluding tert-OH is 1. The van der Waals surface area contributed by atoms with Crippen LogP contribution >= 0.6 is 0 Å². The topological polar surface area (TPSA) is 116 Å². The molecule has 37 heavy (non-hydrogen) atoms. The van der Waals surface area contributed by atoms with Gasteiger partial charge in [0.1, 0.15) is 24.0 Å². The van der Waals surface area contributed by atoms with Crippen LogP contribution in [0.5, 0.6) is 5.75 Å². The Hall–Kier alpha value is -4.29. The molecule has 0 amide bonds. The minimum atomic E-state index is -0.957. The van der Waals surface area contributed by atoms with Crippen LogP contribution in [-0.2, 0) is 0 Å². The molecule has 0 saturated carbocycles. The Balaban J connectivity index is 1.69. The molecule has 4 aromatic rings. The van der Waals surface area contributed by atoms with Crippen molar-refractivity contribution in [1.82, 2.24) is 29.2 Å². The van der Waals surface area contributed by atoms with E-state index in [2.05, 4.69) is 46.9 Å². The molecule has 0 aliphatic carbocycles. The maximum atomic E-state index is 14.1. The predicted molar refractivity (Wildman–Crippen MR) is 142 cm³/mol. The van der Waals surface area contributed by atoms with Crippen molar-refractivity contribution < 1.29 is 14.2 Å². The predicted octanol–water partition coefficient (Wildman–Crippen LogP) is 2.99. The average Bonchev–Trinajstić information content (AvgIpc) is 3.33. The number of hydrogen-bond acceptors (Lipinski definition) is 10. The highest BCUT2D eigenvalue weighted by Crippen LogP contribution is 2.38. The van der Waals surface area contributed by atoms with Crippen LogP contribution < -0.4 is 20.3 Å². The van der Waals surface area contributed by atoms with Gasteiger partial charge in [-0.1, -0.05) is 6.58 Å². The number of pyridine rings is 1. The van der Waals surface area contributed by atoms with Crippen molar-refractivity contribution in [2.45, 2.75) is 6.23 Å². The molecule has 3 aromatic heterocycles. The molecular weight excluding hydrogens is 477 g/mol. The van der Waals surface area contributed by atoms with E-state index in [-0.39, 0.29) is 11.6 Å². The number of aliphatic hydroxyl groups is 1. The molecular formula is C25H30FN9O2. The molecule has 0 bridgehead atoms. The minimum absolute atomic E-state index is 0.180. The third-order valence-electron chi connectivity index (χ3n) is 5.67. The molecule has 0 aliphatic rings. The number of ether oxygens (including phenoxy) is 1. The molecule has 3 N–H and O–H groups in total. The van der Waals surface area contributed by atoms with E-state index in [0.29, 0.717) is 28.6 Å². The second kappa shape index (κ2) is 11.2. The number of nitrogens with one attached hydrogen (secondary N) is 2. The second-order valence-electron chi connectivity index (χ2n) is 8.57. The van der Waals surface area contributed by atoms with Gasteiger partial charge in [-0.05, 0) is 38.4 Å². The zero-order valence-corrected chi connectivity index (χ0v) is 21.2. The molecule has 0 saturated heterocycles. The van der Waals surface area contributed by atoms with Gasteiger partial charge in [0.25, 0.3) is 0 Å². The lowest BCUT2D eigenvalue weighted by Gasteiger charge is -2.27. The first kappa shape index (κ1) is 25.8. The van der Waals surface area contributed by atoms with E-state index < -0.39 is 12.0 Å². The summed E-state index contributed by atoms with van der Waals surface area (Å²) in [5, 5.41) is 16.4. The van der Waals surface area contributed by atoms with Crippen molar-refractivity contribution in [2.75, 3.05) is 56.9 Å². The summed E-state index contributed by atoms with van der Waals surface area (Å²) in [6, 6.07) is 6.60. The summed E-state index contributed by atoms with van der Waals surface area (Å²) in [6.45, 7) is 5.23. The van der Waals surface area contributed by atoms with Crippen LogP contribution in [0.25, 0.3) is 17.2 Å². The Morgan fingerprint density at radius 3 is 2.73 bits per heavy atom. The van der Waals surface area contributed by atoms with E-state index in [4.69, 9.17) is 4.74 Å². The third-order valence-corrected chi connectivity index (χ3v) is 5.67. The Labute approximate surface area is 214 Å². The van der Waals surface area contributed by atoms with Crippen molar-refractivity contribution in [3.05, 3.63) is 61.5 Å². The summed E-state index contributed by atoms with van der Waals surface area (Å²) in [5.74, 6) is 0.668. The third kappa shape index (κ3) is 5.76. The van der Waals surface area contributed by atoms with Crippen LogP contribution in [0.1, 0.15) is 0 Å². The maximum Gasteiger partial charge on any atom is 0.230 e. The molecule has 0 fully saturated rings. The molecule has 194 valence electrons. The molecule has 11 nitrogen and oxygen atoms in total. The van der Waals surface area contributed by atoms with Crippen LogP contribution in [-0.4, -0.2) is 81.9 Å². The SMILES string of the molecule is C=CC(O)Nc1cc(Nc2ncnc(-c3cnc4c(F)cccn34)n2)c(OC)cc1N(C)CCN(C)C. The molecule has 12 heteroatoms. The van der Waals surface area contributed by atoms with Gasteiger partial charge in [0.15, 0.2) is 17.3 Å². The van der Waals surface area contributed by atoms with E-state index in [1.54, 1.807) is 29.8 Å². The van der Waals surface area contributed by atoms with E-state index in [1.807, 2.05) is 27.2 Å². The van der Waals surface area contributed by atoms with Gasteiger partial charge in [-0.25, -0.2) is 19.3 Å². The van der Waals surface area contributed by atoms with Crippen LogP contribution in [0.15, 0.2) is 55.6 Å². The molecule has 3 heterocycles. The average molecular weight is 508 g/mol. The van der Waals surface area contributed by atoms with E-state index in [1.165, 1.54) is 24.7 Å². The van der Waals surface area contributed by atoms with Gasteiger partial charge in [-0.3, -0.25) is 4.40 Å². The van der Waals surface area contributed by atoms with Gasteiger partial charge in [-0.15, -0.1) is 0 Å². The second-order valence-corrected chi connectivity index (χ2v) is 8.57. The van der Waals surface area contributed by atoms with Crippen molar-refractivity contribution in [1.29, 1.82) is 0 Å². The number of imidazole rings is 1. The van der Waals surface area contributed by atoms with E-state index >= 15 is 0 Å². The number of benzene rings is 1. The fourth-order valence-corrected chi connectivity index (χ4v) is 3.70. The van der Waals surface area contributed by atoms with Crippen LogP contribution in [0.2, 0.25) is 0 Å². The number of halogens is 1. The summed E-state index contributed by atoms with van der Waals surface area (Å²) in [7, 11) is 7.55. The Kier molecular flexibility index (Phi) is 7.80. The first-order chi connectivity index (χ1) is 17.8. The first-order valence-electron chi connectivity index (χ1n) is 11.5. The lowest BCUT2D eigenvalue weighted by Crippen LogP contribution is -2.29. The summed E-state index contributed by atoms with van der Waals surface area (Å²) in [4.78, 5) is 21.3. The fraction of sp³-hybridized carbons (Fsp3) is 0.280. The Morgan fingerprint density at radius 1 is 1.19 bits per heavy atom. The fourth-order valence-electron chi connectivity index (χ4n) is 3.70. The van der Waals surface area contributed by atoms with Gasteiger partial charge < -0.3 is 30.3 Å². The van der Waals surface area contributed by atoms with Gasteiger partial charge in [0, 0.05) is 32.4 Å². The number of likely N-dealkylation sites (N-methyl/N-ethyl adjacent to an activating group) is 2. The summed E-state index contributed by atoms with van der Waals surface area (Å²) < 4.78 is 21.3. The number of aromatic nitrogens is 5. The smallest absolute Gasteiger partial charge is 0.230 e. The molecule has 0 radical (unpaired) electrons. The van der Waals surface area contributed by atoms with Gasteiger partial charge in [-0.2, -0.15) is 4.98 Å². The van der Waals surface area contributed by atoms with E-state index in [9.17, 15) is 9.50 Å². The van der Waals surface area contributed by atoms with Crippen molar-refractivity contribution in [3.63, 3.8) is 0 Å². The Morgan fingerprint density at radius 2 is 2.00 bits per heavy atom. The monoisotopic (exact) mass is 507 g/mol. The molecule has 0 aliphatic heterocycles. The minimum Gasteiger partial charge on any atom is -0.494 e. The summed E-state index contributed by atoms with van der Waals surface area (Å²) >= 11 is 0. The zero-order valence-electron chi connectivity index (χ0n) is 21.2. The molecule has 0 spiro atoms. The summed E-state index contributed by atoms with van der Waals surface area (Å²) in [6.07, 6.45) is 5.00. The normalized spacial score (nSPS) is 12.0. The molecule has 1 atom stereocenters. The number of nitrogens with zero attached hydrogens (tertiary/aromatic N) is 7. The number of fused-ring (bicyclic) bond motifs is 1. The highest BCUT2D eigenvalue weighted by molar-refractivity contribution is 5.81. The lowest BCUT2D eigenvalue weighted by molar-refractivity contribution is 0.253. The number of anilines is 4. The van der Waals surface area contributed by atoms with E-state index in [0.717, 1.165) is 18.8 Å². The quantitative estimate of drug-likeness (QED) is 0.207. The molecule has 1 aromatic carbocycles. The number of rotatable bonds is 11. The number of hydrogen-bond donors (Lipinski definition) is 3. The van der Waals surface area contributed by atoms with Crippen molar-refractivity contribution >= 4 is 28.7 Å². The standard InChI is InChI=1S/C25H30FN9O2/c1-6-22(36)30-17-12-18(21(37-5)13-19(17)34(4)11-10-33(2)3)31-25-29-15-28-23(32-25)20-14-27-24-16(26)8-7-9-35(20)24/h6-9,12-15,22,30,36H,1,10-11H2,2-5H3,(H,28,29,31,32). The summed E-state index contributed by atoms with van der Waals surface area (Å²) in [5.41, 5.74) is 2.74.